The van der Waals surface area contributed by atoms with Crippen molar-refractivity contribution in [2.75, 3.05) is 6.54 Å². The lowest BCUT2D eigenvalue weighted by Gasteiger charge is -2.03. The van der Waals surface area contributed by atoms with Gasteiger partial charge in [0.2, 0.25) is 0 Å². The molecular formula is C12H16ClN. The second kappa shape index (κ2) is 6.63. The molecule has 1 rings (SSSR count). The normalized spacial score (nSPS) is 10.1. The van der Waals surface area contributed by atoms with Crippen LogP contribution in [0.25, 0.3) is 0 Å². The highest BCUT2D eigenvalue weighted by Crippen LogP contribution is 2.10. The average molecular weight is 210 g/mol. The van der Waals surface area contributed by atoms with Crippen LogP contribution in [-0.2, 0) is 6.54 Å². The summed E-state index contributed by atoms with van der Waals surface area (Å²) in [5, 5.41) is 4.16. The SMILES string of the molecule is C=CCCCNCc1cccc(Cl)c1. The fraction of sp³-hybridized carbons (Fsp3) is 0.333. The number of rotatable bonds is 6. The third kappa shape index (κ3) is 4.45. The van der Waals surface area contributed by atoms with Crippen molar-refractivity contribution in [3.8, 4) is 0 Å². The first-order valence-corrected chi connectivity index (χ1v) is 5.27. The third-order valence-electron chi connectivity index (χ3n) is 1.98. The molecule has 0 radical (unpaired) electrons. The Morgan fingerprint density at radius 3 is 3.00 bits per heavy atom. The van der Waals surface area contributed by atoms with Crippen LogP contribution in [0.15, 0.2) is 36.9 Å². The molecule has 0 heterocycles. The molecule has 0 saturated carbocycles. The van der Waals surface area contributed by atoms with E-state index >= 15 is 0 Å². The van der Waals surface area contributed by atoms with Gasteiger partial charge in [-0.25, -0.2) is 0 Å². The molecule has 0 saturated heterocycles. The summed E-state index contributed by atoms with van der Waals surface area (Å²) < 4.78 is 0. The fourth-order valence-corrected chi connectivity index (χ4v) is 1.46. The maximum Gasteiger partial charge on any atom is 0.0409 e. The van der Waals surface area contributed by atoms with Gasteiger partial charge in [-0.2, -0.15) is 0 Å². The van der Waals surface area contributed by atoms with E-state index in [-0.39, 0.29) is 0 Å². The smallest absolute Gasteiger partial charge is 0.0409 e. The van der Waals surface area contributed by atoms with Crippen LogP contribution in [0, 0.1) is 0 Å². The fourth-order valence-electron chi connectivity index (χ4n) is 1.25. The third-order valence-corrected chi connectivity index (χ3v) is 2.22. The Bertz CT molecular complexity index is 283. The van der Waals surface area contributed by atoms with Gasteiger partial charge in [-0.15, -0.1) is 6.58 Å². The van der Waals surface area contributed by atoms with Crippen LogP contribution in [0.4, 0.5) is 0 Å². The molecule has 0 fully saturated rings. The summed E-state index contributed by atoms with van der Waals surface area (Å²) in [4.78, 5) is 0. The van der Waals surface area contributed by atoms with Crippen LogP contribution >= 0.6 is 11.6 Å². The highest BCUT2D eigenvalue weighted by atomic mass is 35.5. The van der Waals surface area contributed by atoms with Gasteiger partial charge < -0.3 is 5.32 Å². The predicted octanol–water partition coefficient (Wildman–Crippen LogP) is 3.40. The van der Waals surface area contributed by atoms with Crippen LogP contribution in [-0.4, -0.2) is 6.54 Å². The molecule has 0 aliphatic rings. The molecule has 2 heteroatoms. The summed E-state index contributed by atoms with van der Waals surface area (Å²) in [6, 6.07) is 7.93. The zero-order valence-corrected chi connectivity index (χ0v) is 9.06. The van der Waals surface area contributed by atoms with Gasteiger partial charge in [0.05, 0.1) is 0 Å². The van der Waals surface area contributed by atoms with Gasteiger partial charge in [-0.05, 0) is 37.1 Å². The van der Waals surface area contributed by atoms with Gasteiger partial charge in [0, 0.05) is 11.6 Å². The Morgan fingerprint density at radius 1 is 1.43 bits per heavy atom. The Hall–Kier alpha value is -0.790. The molecule has 0 spiro atoms. The van der Waals surface area contributed by atoms with E-state index in [4.69, 9.17) is 11.6 Å². The van der Waals surface area contributed by atoms with Crippen LogP contribution in [0.3, 0.4) is 0 Å². The van der Waals surface area contributed by atoms with E-state index in [1.54, 1.807) is 0 Å². The summed E-state index contributed by atoms with van der Waals surface area (Å²) in [5.74, 6) is 0. The summed E-state index contributed by atoms with van der Waals surface area (Å²) in [7, 11) is 0. The second-order valence-corrected chi connectivity index (χ2v) is 3.67. The maximum absolute atomic E-state index is 5.87. The van der Waals surface area contributed by atoms with E-state index in [2.05, 4.69) is 18.0 Å². The zero-order chi connectivity index (χ0) is 10.2. The first kappa shape index (κ1) is 11.3. The summed E-state index contributed by atoms with van der Waals surface area (Å²) in [5.41, 5.74) is 1.23. The molecule has 0 unspecified atom stereocenters. The molecule has 0 atom stereocenters. The Morgan fingerprint density at radius 2 is 2.29 bits per heavy atom. The first-order chi connectivity index (χ1) is 6.83. The number of nitrogens with one attached hydrogen (secondary N) is 1. The van der Waals surface area contributed by atoms with Crippen molar-refractivity contribution in [3.63, 3.8) is 0 Å². The van der Waals surface area contributed by atoms with Crippen LogP contribution in [0.5, 0.6) is 0 Å². The van der Waals surface area contributed by atoms with Crippen LogP contribution < -0.4 is 5.32 Å². The minimum atomic E-state index is 0.801. The molecule has 1 aromatic rings. The average Bonchev–Trinajstić information content (AvgIpc) is 2.18. The van der Waals surface area contributed by atoms with Crippen molar-refractivity contribution in [2.45, 2.75) is 19.4 Å². The Balaban J connectivity index is 2.21. The summed E-state index contributed by atoms with van der Waals surface area (Å²) in [6.45, 7) is 5.60. The van der Waals surface area contributed by atoms with Gasteiger partial charge in [-0.1, -0.05) is 29.8 Å². The van der Waals surface area contributed by atoms with E-state index in [1.807, 2.05) is 24.3 Å². The van der Waals surface area contributed by atoms with Gasteiger partial charge in [0.25, 0.3) is 0 Å². The number of allylic oxidation sites excluding steroid dienone is 1. The van der Waals surface area contributed by atoms with Crippen LogP contribution in [0.2, 0.25) is 5.02 Å². The van der Waals surface area contributed by atoms with Crippen molar-refractivity contribution in [1.29, 1.82) is 0 Å². The van der Waals surface area contributed by atoms with Crippen LogP contribution in [0.1, 0.15) is 18.4 Å². The number of benzene rings is 1. The van der Waals surface area contributed by atoms with Crippen molar-refractivity contribution in [3.05, 3.63) is 47.5 Å². The molecule has 1 aromatic carbocycles. The lowest BCUT2D eigenvalue weighted by molar-refractivity contribution is 0.655. The van der Waals surface area contributed by atoms with Gasteiger partial charge in [0.15, 0.2) is 0 Å². The monoisotopic (exact) mass is 209 g/mol. The van der Waals surface area contributed by atoms with E-state index in [0.29, 0.717) is 0 Å². The number of halogens is 1. The number of unbranched alkanes of at least 4 members (excludes halogenated alkanes) is 1. The predicted molar refractivity (Wildman–Crippen MR) is 62.6 cm³/mol. The molecule has 1 N–H and O–H groups in total. The molecule has 76 valence electrons. The molecular weight excluding hydrogens is 194 g/mol. The van der Waals surface area contributed by atoms with Gasteiger partial charge in [0.1, 0.15) is 0 Å². The molecule has 0 aromatic heterocycles. The molecule has 1 nitrogen and oxygen atoms in total. The summed E-state index contributed by atoms with van der Waals surface area (Å²) >= 11 is 5.87. The lowest BCUT2D eigenvalue weighted by Crippen LogP contribution is -2.14. The maximum atomic E-state index is 5.87. The number of hydrogen-bond acceptors (Lipinski definition) is 1. The molecule has 14 heavy (non-hydrogen) atoms. The van der Waals surface area contributed by atoms with Crippen molar-refractivity contribution in [1.82, 2.24) is 5.32 Å². The zero-order valence-electron chi connectivity index (χ0n) is 8.30. The van der Waals surface area contributed by atoms with Gasteiger partial charge in [-0.3, -0.25) is 0 Å². The molecule has 0 amide bonds. The van der Waals surface area contributed by atoms with Crippen molar-refractivity contribution >= 4 is 11.6 Å². The second-order valence-electron chi connectivity index (χ2n) is 3.24. The molecule has 0 bridgehead atoms. The molecule has 0 aliphatic carbocycles. The van der Waals surface area contributed by atoms with E-state index in [0.717, 1.165) is 31.0 Å². The van der Waals surface area contributed by atoms with Gasteiger partial charge >= 0.3 is 0 Å². The lowest BCUT2D eigenvalue weighted by atomic mass is 10.2. The Labute approximate surface area is 90.8 Å². The number of hydrogen-bond donors (Lipinski definition) is 1. The highest BCUT2D eigenvalue weighted by Gasteiger charge is 1.92. The minimum Gasteiger partial charge on any atom is -0.313 e. The molecule has 0 aliphatic heterocycles. The van der Waals surface area contributed by atoms with Crippen molar-refractivity contribution < 1.29 is 0 Å². The minimum absolute atomic E-state index is 0.801. The van der Waals surface area contributed by atoms with Crippen molar-refractivity contribution in [2.24, 2.45) is 0 Å². The topological polar surface area (TPSA) is 12.0 Å². The van der Waals surface area contributed by atoms with E-state index in [9.17, 15) is 0 Å². The summed E-state index contributed by atoms with van der Waals surface area (Å²) in [6.07, 6.45) is 4.16. The standard InChI is InChI=1S/C12H16ClN/c1-2-3-4-8-14-10-11-6-5-7-12(13)9-11/h2,5-7,9,14H,1,3-4,8,10H2. The Kier molecular flexibility index (Phi) is 5.35. The van der Waals surface area contributed by atoms with E-state index < -0.39 is 0 Å². The quantitative estimate of drug-likeness (QED) is 0.560. The first-order valence-electron chi connectivity index (χ1n) is 4.89. The largest absolute Gasteiger partial charge is 0.313 e. The van der Waals surface area contributed by atoms with E-state index in [1.165, 1.54) is 5.56 Å². The highest BCUT2D eigenvalue weighted by molar-refractivity contribution is 6.30.